The van der Waals surface area contributed by atoms with E-state index >= 15 is 0 Å². The van der Waals surface area contributed by atoms with Gasteiger partial charge in [-0.2, -0.15) is 0 Å². The second-order valence-electron chi connectivity index (χ2n) is 5.41. The zero-order chi connectivity index (χ0) is 15.4. The molecule has 0 aliphatic rings. The summed E-state index contributed by atoms with van der Waals surface area (Å²) in [4.78, 5) is 2.12. The van der Waals surface area contributed by atoms with E-state index in [4.69, 9.17) is 10.3 Å². The summed E-state index contributed by atoms with van der Waals surface area (Å²) in [6.07, 6.45) is 0.838. The van der Waals surface area contributed by atoms with Gasteiger partial charge in [0.15, 0.2) is 0 Å². The Morgan fingerprint density at radius 2 is 2.00 bits per heavy atom. The molecule has 2 aromatic rings. The molecule has 2 unspecified atom stereocenters. The van der Waals surface area contributed by atoms with Crippen LogP contribution in [0.15, 0.2) is 34.9 Å². The van der Waals surface area contributed by atoms with Crippen molar-refractivity contribution >= 4 is 0 Å². The average Bonchev–Trinajstić information content (AvgIpc) is 2.86. The molecule has 2 atom stereocenters. The Hall–Kier alpha value is -1.72. The van der Waals surface area contributed by atoms with Crippen LogP contribution in [-0.4, -0.2) is 23.1 Å². The molecule has 2 N–H and O–H groups in total. The fourth-order valence-electron chi connectivity index (χ4n) is 2.56. The van der Waals surface area contributed by atoms with Gasteiger partial charge in [0.1, 0.15) is 11.6 Å². The predicted octanol–water partition coefficient (Wildman–Crippen LogP) is 3.03. The topological polar surface area (TPSA) is 55.3 Å². The molecule has 0 aliphatic heterocycles. The largest absolute Gasteiger partial charge is 0.361 e. The minimum absolute atomic E-state index is 0.00704. The van der Waals surface area contributed by atoms with Gasteiger partial charge in [0.05, 0.1) is 5.69 Å². The van der Waals surface area contributed by atoms with Crippen molar-refractivity contribution in [2.24, 2.45) is 5.73 Å². The molecule has 0 radical (unpaired) electrons. The van der Waals surface area contributed by atoms with Crippen LogP contribution >= 0.6 is 0 Å². The highest BCUT2D eigenvalue weighted by atomic mass is 19.1. The van der Waals surface area contributed by atoms with Crippen LogP contribution in [0.5, 0.6) is 0 Å². The number of halogens is 1. The number of hydrogen-bond acceptors (Lipinski definition) is 4. The fourth-order valence-corrected chi connectivity index (χ4v) is 2.56. The van der Waals surface area contributed by atoms with Gasteiger partial charge in [0.25, 0.3) is 0 Å². The van der Waals surface area contributed by atoms with Crippen LogP contribution in [-0.2, 0) is 6.54 Å². The Bertz CT molecular complexity index is 567. The maximum Gasteiger partial charge on any atom is 0.133 e. The number of likely N-dealkylation sites (N-methyl/N-ethyl adjacent to an activating group) is 1. The molecule has 1 heterocycles. The van der Waals surface area contributed by atoms with Crippen molar-refractivity contribution in [1.29, 1.82) is 0 Å². The Morgan fingerprint density at radius 3 is 2.52 bits per heavy atom. The smallest absolute Gasteiger partial charge is 0.133 e. The van der Waals surface area contributed by atoms with E-state index in [1.54, 1.807) is 12.1 Å². The molecule has 5 heteroatoms. The molecular weight excluding hydrogens is 269 g/mol. The van der Waals surface area contributed by atoms with E-state index in [-0.39, 0.29) is 17.9 Å². The molecule has 0 saturated carbocycles. The van der Waals surface area contributed by atoms with Gasteiger partial charge in [-0.3, -0.25) is 4.90 Å². The highest BCUT2D eigenvalue weighted by molar-refractivity contribution is 5.22. The number of aromatic nitrogens is 1. The SMILES string of the molecule is CCC(N)C(c1ccc(F)cc1)N(C)Cc1cc(C)on1. The Kier molecular flexibility index (Phi) is 5.09. The lowest BCUT2D eigenvalue weighted by Gasteiger charge is -2.32. The van der Waals surface area contributed by atoms with Crippen LogP contribution in [0.1, 0.15) is 36.4 Å². The third-order valence-corrected chi connectivity index (χ3v) is 3.65. The number of aryl methyl sites for hydroxylation is 1. The van der Waals surface area contributed by atoms with Crippen molar-refractivity contribution < 1.29 is 8.91 Å². The van der Waals surface area contributed by atoms with Crippen molar-refractivity contribution in [3.8, 4) is 0 Å². The summed E-state index contributed by atoms with van der Waals surface area (Å²) in [5.41, 5.74) is 8.14. The van der Waals surface area contributed by atoms with Crippen LogP contribution < -0.4 is 5.73 Å². The molecule has 1 aromatic heterocycles. The average molecular weight is 291 g/mol. The van der Waals surface area contributed by atoms with Gasteiger partial charge in [-0.25, -0.2) is 4.39 Å². The second kappa shape index (κ2) is 6.83. The lowest BCUT2D eigenvalue weighted by Crippen LogP contribution is -2.38. The summed E-state index contributed by atoms with van der Waals surface area (Å²) in [7, 11) is 1.99. The molecular formula is C16H22FN3O. The minimum atomic E-state index is -0.239. The zero-order valence-electron chi connectivity index (χ0n) is 12.7. The first kappa shape index (κ1) is 15.7. The van der Waals surface area contributed by atoms with Crippen molar-refractivity contribution in [2.45, 2.75) is 38.9 Å². The summed E-state index contributed by atoms with van der Waals surface area (Å²) in [5.74, 6) is 0.550. The normalized spacial score (nSPS) is 14.4. The maximum atomic E-state index is 13.1. The molecule has 0 amide bonds. The predicted molar refractivity (Wildman–Crippen MR) is 80.1 cm³/mol. The molecule has 0 fully saturated rings. The first-order valence-corrected chi connectivity index (χ1v) is 7.14. The molecule has 21 heavy (non-hydrogen) atoms. The molecule has 0 saturated heterocycles. The van der Waals surface area contributed by atoms with Crippen molar-refractivity contribution in [3.05, 3.63) is 53.2 Å². The lowest BCUT2D eigenvalue weighted by molar-refractivity contribution is 0.196. The van der Waals surface area contributed by atoms with Gasteiger partial charge in [0.2, 0.25) is 0 Å². The summed E-state index contributed by atoms with van der Waals surface area (Å²) in [6, 6.07) is 8.41. The monoisotopic (exact) mass is 291 g/mol. The highest BCUT2D eigenvalue weighted by Gasteiger charge is 2.24. The molecule has 2 rings (SSSR count). The zero-order valence-corrected chi connectivity index (χ0v) is 12.7. The van der Waals surface area contributed by atoms with Crippen LogP contribution in [0.2, 0.25) is 0 Å². The quantitative estimate of drug-likeness (QED) is 0.889. The number of rotatable bonds is 6. The first-order chi connectivity index (χ1) is 10.0. The van der Waals surface area contributed by atoms with Gasteiger partial charge in [-0.1, -0.05) is 24.2 Å². The third kappa shape index (κ3) is 3.89. The van der Waals surface area contributed by atoms with E-state index in [2.05, 4.69) is 17.0 Å². The van der Waals surface area contributed by atoms with E-state index in [1.165, 1.54) is 12.1 Å². The van der Waals surface area contributed by atoms with Gasteiger partial charge in [0, 0.05) is 24.7 Å². The molecule has 0 aliphatic carbocycles. The summed E-state index contributed by atoms with van der Waals surface area (Å²) < 4.78 is 18.2. The Morgan fingerprint density at radius 1 is 1.33 bits per heavy atom. The summed E-state index contributed by atoms with van der Waals surface area (Å²) in [6.45, 7) is 4.55. The van der Waals surface area contributed by atoms with E-state index in [0.29, 0.717) is 6.54 Å². The van der Waals surface area contributed by atoms with Crippen LogP contribution in [0.3, 0.4) is 0 Å². The van der Waals surface area contributed by atoms with Crippen molar-refractivity contribution in [1.82, 2.24) is 10.1 Å². The lowest BCUT2D eigenvalue weighted by atomic mass is 9.96. The summed E-state index contributed by atoms with van der Waals surface area (Å²) >= 11 is 0. The number of benzene rings is 1. The molecule has 0 bridgehead atoms. The maximum absolute atomic E-state index is 13.1. The highest BCUT2D eigenvalue weighted by Crippen LogP contribution is 2.25. The number of nitrogens with zero attached hydrogens (tertiary/aromatic N) is 2. The fraction of sp³-hybridized carbons (Fsp3) is 0.438. The van der Waals surface area contributed by atoms with Gasteiger partial charge in [-0.15, -0.1) is 0 Å². The van der Waals surface area contributed by atoms with E-state index in [9.17, 15) is 4.39 Å². The van der Waals surface area contributed by atoms with Gasteiger partial charge < -0.3 is 10.3 Å². The Balaban J connectivity index is 2.20. The number of nitrogens with two attached hydrogens (primary N) is 1. The molecule has 4 nitrogen and oxygen atoms in total. The van der Waals surface area contributed by atoms with E-state index in [0.717, 1.165) is 23.4 Å². The molecule has 114 valence electrons. The van der Waals surface area contributed by atoms with Crippen molar-refractivity contribution in [3.63, 3.8) is 0 Å². The van der Waals surface area contributed by atoms with E-state index < -0.39 is 0 Å². The summed E-state index contributed by atoms with van der Waals surface area (Å²) in [5, 5.41) is 4.01. The molecule has 1 aromatic carbocycles. The first-order valence-electron chi connectivity index (χ1n) is 7.14. The minimum Gasteiger partial charge on any atom is -0.361 e. The molecule has 0 spiro atoms. The third-order valence-electron chi connectivity index (χ3n) is 3.65. The van der Waals surface area contributed by atoms with Gasteiger partial charge in [-0.05, 0) is 38.1 Å². The van der Waals surface area contributed by atoms with Gasteiger partial charge >= 0.3 is 0 Å². The van der Waals surface area contributed by atoms with Crippen molar-refractivity contribution in [2.75, 3.05) is 7.05 Å². The van der Waals surface area contributed by atoms with Crippen LogP contribution in [0, 0.1) is 12.7 Å². The second-order valence-corrected chi connectivity index (χ2v) is 5.41. The van der Waals surface area contributed by atoms with E-state index in [1.807, 2.05) is 20.0 Å². The van der Waals surface area contributed by atoms with Crippen LogP contribution in [0.4, 0.5) is 4.39 Å². The van der Waals surface area contributed by atoms with Crippen LogP contribution in [0.25, 0.3) is 0 Å². The Labute approximate surface area is 124 Å². The standard InChI is InChI=1S/C16H22FN3O/c1-4-15(18)16(12-5-7-13(17)8-6-12)20(3)10-14-9-11(2)21-19-14/h5-9,15-16H,4,10,18H2,1-3H3. The number of hydrogen-bond donors (Lipinski definition) is 1.